The molecule has 2 atom stereocenters. The number of carbonyl (C=O) groups is 4. The number of benzene rings is 2. The fourth-order valence-corrected chi connectivity index (χ4v) is 3.38. The second-order valence-electron chi connectivity index (χ2n) is 7.58. The van der Waals surface area contributed by atoms with Crippen LogP contribution in [0.25, 0.3) is 10.9 Å². The molecule has 3 rings (SSSR count). The fourth-order valence-electron chi connectivity index (χ4n) is 3.38. The molecule has 0 unspecified atom stereocenters. The first-order chi connectivity index (χ1) is 16.8. The Labute approximate surface area is 196 Å². The Morgan fingerprint density at radius 1 is 0.971 bits per heavy atom. The zero-order valence-electron chi connectivity index (χ0n) is 19.1. The summed E-state index contributed by atoms with van der Waals surface area (Å²) in [6, 6.07) is 13.1. The predicted octanol–water partition coefficient (Wildman–Crippen LogP) is 2.44. The van der Waals surface area contributed by atoms with Crippen molar-refractivity contribution in [3.8, 4) is 0 Å². The number of aliphatic carboxylic acids is 2. The van der Waals surface area contributed by atoms with Crippen molar-refractivity contribution in [2.45, 2.75) is 38.0 Å². The normalized spacial score (nSPS) is 12.9. The van der Waals surface area contributed by atoms with E-state index in [9.17, 15) is 29.4 Å². The van der Waals surface area contributed by atoms with Crippen molar-refractivity contribution in [2.75, 3.05) is 0 Å². The van der Waals surface area contributed by atoms with Crippen LogP contribution in [0.2, 0.25) is 1.41 Å². The molecule has 0 bridgehead atoms. The van der Waals surface area contributed by atoms with Gasteiger partial charge in [-0.25, -0.2) is 14.4 Å². The molecule has 0 saturated carbocycles. The molecule has 0 aliphatic rings. The zero-order chi connectivity index (χ0) is 25.4. The summed E-state index contributed by atoms with van der Waals surface area (Å²) in [5, 5.41) is 22.4. The molecule has 1 heterocycles. The molecule has 3 aromatic rings. The summed E-state index contributed by atoms with van der Waals surface area (Å²) >= 11 is 0. The van der Waals surface area contributed by atoms with Gasteiger partial charge < -0.3 is 30.6 Å². The highest BCUT2D eigenvalue weighted by atomic mass is 16.5. The number of H-pyrrole nitrogens is 1. The number of ether oxygens (including phenoxy) is 1. The Morgan fingerprint density at radius 2 is 1.65 bits per heavy atom. The lowest BCUT2D eigenvalue weighted by Crippen LogP contribution is -2.44. The maximum Gasteiger partial charge on any atom is 0.408 e. The van der Waals surface area contributed by atoms with Crippen molar-refractivity contribution in [1.82, 2.24) is 15.6 Å². The predicted molar refractivity (Wildman–Crippen MR) is 122 cm³/mol. The zero-order valence-corrected chi connectivity index (χ0v) is 18.1. The van der Waals surface area contributed by atoms with Gasteiger partial charge in [-0.05, 0) is 23.6 Å². The van der Waals surface area contributed by atoms with Crippen LogP contribution in [-0.2, 0) is 32.1 Å². The molecule has 178 valence electrons. The molecule has 0 spiro atoms. The molecule has 5 N–H and O–H groups in total. The number of carbonyl (C=O) groups excluding carboxylic acids is 2. The van der Waals surface area contributed by atoms with Gasteiger partial charge in [-0.15, -0.1) is 0 Å². The number of carboxylic acids is 2. The van der Waals surface area contributed by atoms with E-state index in [1.807, 2.05) is 24.3 Å². The molecule has 0 aliphatic carbocycles. The van der Waals surface area contributed by atoms with E-state index < -0.39 is 48.9 Å². The number of carboxylic acid groups (broad SMARTS) is 2. The molecule has 2 amide bonds. The van der Waals surface area contributed by atoms with Crippen LogP contribution in [0.3, 0.4) is 0 Å². The monoisotopic (exact) mass is 468 g/mol. The Bertz CT molecular complexity index is 1200. The first-order valence-corrected chi connectivity index (χ1v) is 10.5. The van der Waals surface area contributed by atoms with Gasteiger partial charge >= 0.3 is 18.0 Å². The van der Waals surface area contributed by atoms with Gasteiger partial charge in [0.25, 0.3) is 0 Å². The van der Waals surface area contributed by atoms with Crippen molar-refractivity contribution in [1.29, 1.82) is 0 Å². The molecular weight excluding hydrogens is 442 g/mol. The Hall–Kier alpha value is -4.34. The first kappa shape index (κ1) is 22.8. The summed E-state index contributed by atoms with van der Waals surface area (Å²) in [4.78, 5) is 50.9. The Balaban J connectivity index is 1.55. The number of aromatic nitrogens is 1. The number of aromatic amines is 1. The number of para-hydroxylation sites is 1. The smallest absolute Gasteiger partial charge is 0.408 e. The average molecular weight is 468 g/mol. The van der Waals surface area contributed by atoms with Crippen LogP contribution in [0.1, 0.15) is 24.0 Å². The maximum atomic E-state index is 12.4. The number of alkyl carbamates (subject to hydrolysis) is 1. The van der Waals surface area contributed by atoms with Crippen LogP contribution < -0.4 is 10.6 Å². The van der Waals surface area contributed by atoms with E-state index in [-0.39, 0.29) is 18.3 Å². The minimum Gasteiger partial charge on any atom is -0.480 e. The van der Waals surface area contributed by atoms with Gasteiger partial charge in [0.15, 0.2) is 1.41 Å². The third-order valence-electron chi connectivity index (χ3n) is 5.13. The number of hydrogen-bond acceptors (Lipinski definition) is 5. The largest absolute Gasteiger partial charge is 0.480 e. The van der Waals surface area contributed by atoms with Gasteiger partial charge in [0, 0.05) is 29.9 Å². The van der Waals surface area contributed by atoms with Crippen molar-refractivity contribution in [3.63, 3.8) is 0 Å². The van der Waals surface area contributed by atoms with E-state index in [1.54, 1.807) is 36.5 Å². The molecule has 2 aromatic carbocycles. The van der Waals surface area contributed by atoms with Gasteiger partial charge in [-0.1, -0.05) is 48.5 Å². The van der Waals surface area contributed by atoms with Gasteiger partial charge in [0.1, 0.15) is 18.7 Å². The summed E-state index contributed by atoms with van der Waals surface area (Å²) in [5.74, 6) is -3.45. The van der Waals surface area contributed by atoms with Crippen LogP contribution in [-0.4, -0.2) is 51.2 Å². The van der Waals surface area contributed by atoms with E-state index in [0.717, 1.165) is 10.9 Å². The van der Waals surface area contributed by atoms with E-state index in [2.05, 4.69) is 10.3 Å². The molecule has 0 saturated heterocycles. The van der Waals surface area contributed by atoms with Crippen LogP contribution in [0, 0.1) is 0 Å². The topological polar surface area (TPSA) is 158 Å². The van der Waals surface area contributed by atoms with E-state index in [1.165, 1.54) is 0 Å². The number of amides is 2. The van der Waals surface area contributed by atoms with E-state index in [0.29, 0.717) is 11.1 Å². The third kappa shape index (κ3) is 6.83. The van der Waals surface area contributed by atoms with Gasteiger partial charge in [0.2, 0.25) is 5.91 Å². The van der Waals surface area contributed by atoms with Crippen molar-refractivity contribution in [2.24, 2.45) is 0 Å². The first-order valence-electron chi connectivity index (χ1n) is 11.0. The lowest BCUT2D eigenvalue weighted by molar-refractivity contribution is -0.142. The minimum absolute atomic E-state index is 0.0177. The number of hydrogen-bond donors (Lipinski definition) is 5. The highest BCUT2D eigenvalue weighted by molar-refractivity contribution is 5.87. The number of nitrogens with one attached hydrogen (secondary N) is 3. The molecular formula is C24H25N3O7. The van der Waals surface area contributed by atoms with Crippen molar-refractivity contribution < 1.29 is 35.5 Å². The average Bonchev–Trinajstić information content (AvgIpc) is 3.25. The minimum atomic E-state index is -1.65. The molecule has 0 aliphatic heterocycles. The maximum absolute atomic E-state index is 12.4. The summed E-state index contributed by atoms with van der Waals surface area (Å²) in [7, 11) is 0. The Morgan fingerprint density at radius 3 is 2.35 bits per heavy atom. The van der Waals surface area contributed by atoms with Crippen LogP contribution >= 0.6 is 0 Å². The molecule has 0 fully saturated rings. The van der Waals surface area contributed by atoms with Crippen LogP contribution in [0.5, 0.6) is 0 Å². The standard InChI is InChI=1S/C24H25N3O7/c28-21(26-20(23(31)32)12-16-13-25-18-9-5-4-8-17(16)18)11-10-19(22(29)30)27-24(33)34-14-15-6-2-1-3-7-15/h1-9,13,19-20,25H,10-12,14H2,(H,26,28)(H,27,33)(H,29,30)(H,31,32)/t19-,20-/m0/s1/i/hD. The molecule has 34 heavy (non-hydrogen) atoms. The summed E-state index contributed by atoms with van der Waals surface area (Å²) in [6.07, 6.45) is -0.291. The highest BCUT2D eigenvalue weighted by Crippen LogP contribution is 2.19. The Kier molecular flexibility index (Phi) is 7.73. The van der Waals surface area contributed by atoms with Gasteiger partial charge in [-0.3, -0.25) is 4.79 Å². The van der Waals surface area contributed by atoms with E-state index in [4.69, 9.17) is 6.15 Å². The lowest BCUT2D eigenvalue weighted by Gasteiger charge is -2.17. The third-order valence-corrected chi connectivity index (χ3v) is 5.13. The van der Waals surface area contributed by atoms with Gasteiger partial charge in [-0.2, -0.15) is 0 Å². The van der Waals surface area contributed by atoms with Gasteiger partial charge in [0.05, 0.1) is 0 Å². The molecule has 1 aromatic heterocycles. The quantitative estimate of drug-likeness (QED) is 0.289. The molecule has 10 nitrogen and oxygen atoms in total. The summed E-state index contributed by atoms with van der Waals surface area (Å²) in [6.45, 7) is -0.143. The highest BCUT2D eigenvalue weighted by Gasteiger charge is 2.25. The van der Waals surface area contributed by atoms with Crippen molar-refractivity contribution in [3.05, 3.63) is 71.9 Å². The van der Waals surface area contributed by atoms with Crippen molar-refractivity contribution >= 4 is 34.8 Å². The molecule has 10 heteroatoms. The lowest BCUT2D eigenvalue weighted by atomic mass is 10.0. The number of fused-ring (bicyclic) bond motifs is 1. The second-order valence-corrected chi connectivity index (χ2v) is 7.58. The number of rotatable bonds is 11. The second kappa shape index (κ2) is 11.5. The fraction of sp³-hybridized carbons (Fsp3) is 0.250. The SMILES string of the molecule is [2H]N(C(=O)OCc1ccccc1)[C@@H](CCC(=O)N[C@@H](Cc1c[nH]c2ccccc12)C(=O)O)C(=O)O. The summed E-state index contributed by atoms with van der Waals surface area (Å²) in [5.41, 5.74) is 2.20. The molecule has 0 radical (unpaired) electrons. The van der Waals surface area contributed by atoms with Crippen LogP contribution in [0.4, 0.5) is 4.79 Å². The summed E-state index contributed by atoms with van der Waals surface area (Å²) < 4.78 is 12.8. The van der Waals surface area contributed by atoms with Crippen LogP contribution in [0.15, 0.2) is 60.8 Å². The van der Waals surface area contributed by atoms with E-state index >= 15 is 0 Å².